The lowest BCUT2D eigenvalue weighted by molar-refractivity contribution is 0.0988. The van der Waals surface area contributed by atoms with E-state index in [2.05, 4.69) is 10.1 Å². The Morgan fingerprint density at radius 2 is 2.33 bits per heavy atom. The average molecular weight is 285 g/mol. The maximum Gasteiger partial charge on any atom is 0.186 e. The van der Waals surface area contributed by atoms with Crippen molar-refractivity contribution in [3.05, 3.63) is 32.5 Å². The average Bonchev–Trinajstić information content (AvgIpc) is 2.90. The molecule has 2 aromatic heterocycles. The van der Waals surface area contributed by atoms with Gasteiger partial charge in [-0.3, -0.25) is 9.48 Å². The number of aryl methyl sites for hydroxylation is 2. The molecule has 0 saturated carbocycles. The molecule has 0 fully saturated rings. The molecule has 2 heterocycles. The molecular formula is C11H13ClN4OS. The SMILES string of the molecule is Cc1nn(C)c(Cl)c1CC(=O)c1csc(CN)n1. The van der Waals surface area contributed by atoms with Crippen molar-refractivity contribution in [2.45, 2.75) is 19.9 Å². The molecule has 0 unspecified atom stereocenters. The first-order chi connectivity index (χ1) is 8.52. The highest BCUT2D eigenvalue weighted by Gasteiger charge is 2.17. The number of carbonyl (C=O) groups is 1. The zero-order valence-corrected chi connectivity index (χ0v) is 11.7. The highest BCUT2D eigenvalue weighted by Crippen LogP contribution is 2.21. The Labute approximate surface area is 114 Å². The lowest BCUT2D eigenvalue weighted by Gasteiger charge is -1.98. The second kappa shape index (κ2) is 5.17. The number of nitrogens with zero attached hydrogens (tertiary/aromatic N) is 3. The summed E-state index contributed by atoms with van der Waals surface area (Å²) in [6.07, 6.45) is 0.215. The monoisotopic (exact) mass is 284 g/mol. The molecule has 0 bridgehead atoms. The van der Waals surface area contributed by atoms with Crippen LogP contribution in [0.15, 0.2) is 5.38 Å². The highest BCUT2D eigenvalue weighted by atomic mass is 35.5. The summed E-state index contributed by atoms with van der Waals surface area (Å²) in [6.45, 7) is 2.19. The molecule has 5 nitrogen and oxygen atoms in total. The van der Waals surface area contributed by atoms with Gasteiger partial charge >= 0.3 is 0 Å². The Morgan fingerprint density at radius 1 is 1.61 bits per heavy atom. The number of Topliss-reactive ketones (excluding diaryl/α,β-unsaturated/α-hetero) is 1. The van der Waals surface area contributed by atoms with Gasteiger partial charge in [0.05, 0.1) is 5.69 Å². The summed E-state index contributed by atoms with van der Waals surface area (Å²) in [7, 11) is 1.75. The molecular weight excluding hydrogens is 272 g/mol. The standard InChI is InChI=1S/C11H13ClN4OS/c1-6-7(11(12)16(2)15-6)3-9(17)8-5-18-10(4-13)14-8/h5H,3-4,13H2,1-2H3. The Balaban J connectivity index is 2.21. The van der Waals surface area contributed by atoms with E-state index in [1.807, 2.05) is 6.92 Å². The van der Waals surface area contributed by atoms with Crippen LogP contribution in [0.2, 0.25) is 5.15 Å². The second-order valence-electron chi connectivity index (χ2n) is 3.91. The van der Waals surface area contributed by atoms with Crippen molar-refractivity contribution in [1.29, 1.82) is 0 Å². The largest absolute Gasteiger partial charge is 0.325 e. The number of carbonyl (C=O) groups excluding carboxylic acids is 1. The Bertz CT molecular complexity index is 590. The van der Waals surface area contributed by atoms with Crippen LogP contribution in [0.3, 0.4) is 0 Å². The minimum absolute atomic E-state index is 0.0658. The van der Waals surface area contributed by atoms with E-state index >= 15 is 0 Å². The van der Waals surface area contributed by atoms with Crippen molar-refractivity contribution >= 4 is 28.7 Å². The van der Waals surface area contributed by atoms with Crippen LogP contribution in [0.5, 0.6) is 0 Å². The maximum absolute atomic E-state index is 12.1. The van der Waals surface area contributed by atoms with Crippen LogP contribution in [0.4, 0.5) is 0 Å². The first kappa shape index (κ1) is 13.2. The Morgan fingerprint density at radius 3 is 2.83 bits per heavy atom. The van der Waals surface area contributed by atoms with Crippen LogP contribution in [0, 0.1) is 6.92 Å². The van der Waals surface area contributed by atoms with Gasteiger partial charge < -0.3 is 5.73 Å². The summed E-state index contributed by atoms with van der Waals surface area (Å²) in [6, 6.07) is 0. The fraction of sp³-hybridized carbons (Fsp3) is 0.364. The van der Waals surface area contributed by atoms with Gasteiger partial charge in [0.15, 0.2) is 5.78 Å². The quantitative estimate of drug-likeness (QED) is 0.868. The van der Waals surface area contributed by atoms with Gasteiger partial charge in [-0.1, -0.05) is 11.6 Å². The molecule has 96 valence electrons. The summed E-state index contributed by atoms with van der Waals surface area (Å²) in [5.41, 5.74) is 7.44. The third-order valence-electron chi connectivity index (χ3n) is 2.62. The van der Waals surface area contributed by atoms with E-state index in [-0.39, 0.29) is 12.2 Å². The molecule has 2 aromatic rings. The van der Waals surface area contributed by atoms with Crippen LogP contribution >= 0.6 is 22.9 Å². The van der Waals surface area contributed by atoms with Crippen molar-refractivity contribution in [2.24, 2.45) is 12.8 Å². The smallest absolute Gasteiger partial charge is 0.186 e. The van der Waals surface area contributed by atoms with E-state index in [0.29, 0.717) is 17.4 Å². The second-order valence-corrected chi connectivity index (χ2v) is 5.21. The number of nitrogens with two attached hydrogens (primary N) is 1. The van der Waals surface area contributed by atoms with E-state index in [9.17, 15) is 4.79 Å². The van der Waals surface area contributed by atoms with E-state index in [1.54, 1.807) is 17.1 Å². The zero-order valence-electron chi connectivity index (χ0n) is 10.1. The molecule has 2 rings (SSSR count). The molecule has 7 heteroatoms. The predicted molar refractivity (Wildman–Crippen MR) is 71.0 cm³/mol. The first-order valence-electron chi connectivity index (χ1n) is 5.38. The number of thiazole rings is 1. The molecule has 0 aliphatic heterocycles. The molecule has 0 saturated heterocycles. The first-order valence-corrected chi connectivity index (χ1v) is 6.64. The van der Waals surface area contributed by atoms with Gasteiger partial charge in [0.2, 0.25) is 0 Å². The van der Waals surface area contributed by atoms with Gasteiger partial charge in [-0.05, 0) is 6.92 Å². The van der Waals surface area contributed by atoms with Crippen molar-refractivity contribution in [3.8, 4) is 0 Å². The maximum atomic E-state index is 12.1. The molecule has 0 aliphatic rings. The Kier molecular flexibility index (Phi) is 3.79. The lowest BCUT2D eigenvalue weighted by Crippen LogP contribution is -2.06. The number of halogens is 1. The van der Waals surface area contributed by atoms with Crippen LogP contribution < -0.4 is 5.73 Å². The third-order valence-corrected chi connectivity index (χ3v) is 3.96. The van der Waals surface area contributed by atoms with Gasteiger partial charge in [0.25, 0.3) is 0 Å². The number of hydrogen-bond acceptors (Lipinski definition) is 5. The van der Waals surface area contributed by atoms with Gasteiger partial charge in [0.1, 0.15) is 15.9 Å². The highest BCUT2D eigenvalue weighted by molar-refractivity contribution is 7.09. The molecule has 0 aliphatic carbocycles. The van der Waals surface area contributed by atoms with Gasteiger partial charge in [0, 0.05) is 31.0 Å². The summed E-state index contributed by atoms with van der Waals surface area (Å²) in [5.74, 6) is -0.0658. The molecule has 0 aromatic carbocycles. The van der Waals surface area contributed by atoms with Crippen LogP contribution in [-0.2, 0) is 20.0 Å². The number of ketones is 1. The third kappa shape index (κ3) is 2.45. The summed E-state index contributed by atoms with van der Waals surface area (Å²) in [4.78, 5) is 16.2. The van der Waals surface area contributed by atoms with Gasteiger partial charge in [-0.25, -0.2) is 4.98 Å². The van der Waals surface area contributed by atoms with Crippen molar-refractivity contribution < 1.29 is 4.79 Å². The number of aromatic nitrogens is 3. The number of hydrogen-bond donors (Lipinski definition) is 1. The van der Waals surface area contributed by atoms with Crippen molar-refractivity contribution in [2.75, 3.05) is 0 Å². The van der Waals surface area contributed by atoms with E-state index in [1.165, 1.54) is 11.3 Å². The molecule has 2 N–H and O–H groups in total. The topological polar surface area (TPSA) is 73.8 Å². The van der Waals surface area contributed by atoms with E-state index in [4.69, 9.17) is 17.3 Å². The van der Waals surface area contributed by atoms with E-state index in [0.717, 1.165) is 16.3 Å². The number of rotatable bonds is 4. The van der Waals surface area contributed by atoms with Gasteiger partial charge in [-0.2, -0.15) is 5.10 Å². The predicted octanol–water partition coefficient (Wildman–Crippen LogP) is 1.72. The fourth-order valence-corrected chi connectivity index (χ4v) is 2.58. The van der Waals surface area contributed by atoms with Crippen LogP contribution in [0.1, 0.15) is 26.8 Å². The van der Waals surface area contributed by atoms with Crippen molar-refractivity contribution in [3.63, 3.8) is 0 Å². The molecule has 18 heavy (non-hydrogen) atoms. The molecule has 0 amide bonds. The normalized spacial score (nSPS) is 10.9. The van der Waals surface area contributed by atoms with Crippen molar-refractivity contribution in [1.82, 2.24) is 14.8 Å². The van der Waals surface area contributed by atoms with Crippen LogP contribution in [0.25, 0.3) is 0 Å². The summed E-state index contributed by atoms with van der Waals surface area (Å²) >= 11 is 7.48. The molecule has 0 spiro atoms. The molecule has 0 atom stereocenters. The summed E-state index contributed by atoms with van der Waals surface area (Å²) < 4.78 is 1.56. The zero-order chi connectivity index (χ0) is 13.3. The minimum Gasteiger partial charge on any atom is -0.325 e. The van der Waals surface area contributed by atoms with Gasteiger partial charge in [-0.15, -0.1) is 11.3 Å². The molecule has 0 radical (unpaired) electrons. The lowest BCUT2D eigenvalue weighted by atomic mass is 10.1. The summed E-state index contributed by atoms with van der Waals surface area (Å²) in [5, 5.41) is 7.15. The van der Waals surface area contributed by atoms with Crippen LogP contribution in [-0.4, -0.2) is 20.5 Å². The minimum atomic E-state index is -0.0658. The fourth-order valence-electron chi connectivity index (χ4n) is 1.66. The van der Waals surface area contributed by atoms with E-state index < -0.39 is 0 Å². The Hall–Kier alpha value is -1.24.